The minimum Gasteiger partial charge on any atom is -0.507 e. The smallest absolute Gasteiger partial charge is 0.124 e. The first-order valence-electron chi connectivity index (χ1n) is 5.25. The maximum atomic E-state index is 9.59. The highest BCUT2D eigenvalue weighted by molar-refractivity contribution is 9.10. The van der Waals surface area contributed by atoms with Crippen molar-refractivity contribution in [2.75, 3.05) is 0 Å². The Bertz CT molecular complexity index is 564. The maximum absolute atomic E-state index is 9.59. The first kappa shape index (κ1) is 11.9. The number of hydrogen-bond donors (Lipinski definition) is 1. The van der Waals surface area contributed by atoms with E-state index in [0.717, 1.165) is 15.7 Å². The van der Waals surface area contributed by atoms with Gasteiger partial charge in [-0.2, -0.15) is 0 Å². The number of phenolic OH excluding ortho intramolecular Hbond substituents is 1. The van der Waals surface area contributed by atoms with Crippen molar-refractivity contribution in [2.45, 2.75) is 6.92 Å². The second-order valence-electron chi connectivity index (χ2n) is 3.75. The molecule has 0 amide bonds. The first-order valence-corrected chi connectivity index (χ1v) is 6.04. The summed E-state index contributed by atoms with van der Waals surface area (Å²) in [5, 5.41) is 9.59. The van der Waals surface area contributed by atoms with Gasteiger partial charge in [-0.1, -0.05) is 28.1 Å². The number of hydrogen-bond acceptors (Lipinski definition) is 2. The molecular weight excluding hydrogens is 278 g/mol. The van der Waals surface area contributed by atoms with E-state index in [2.05, 4.69) is 20.9 Å². The summed E-state index contributed by atoms with van der Waals surface area (Å²) in [7, 11) is 0. The molecule has 86 valence electrons. The lowest BCUT2D eigenvalue weighted by molar-refractivity contribution is 0.474. The number of para-hydroxylation sites is 1. The van der Waals surface area contributed by atoms with Crippen LogP contribution in [-0.4, -0.2) is 11.3 Å². The van der Waals surface area contributed by atoms with Gasteiger partial charge in [0.15, 0.2) is 0 Å². The fourth-order valence-electron chi connectivity index (χ4n) is 1.45. The molecule has 0 saturated heterocycles. The number of halogens is 1. The van der Waals surface area contributed by atoms with Crippen LogP contribution in [0.15, 0.2) is 51.9 Å². The van der Waals surface area contributed by atoms with Crippen molar-refractivity contribution in [3.63, 3.8) is 0 Å². The van der Waals surface area contributed by atoms with Gasteiger partial charge in [0.2, 0.25) is 0 Å². The second-order valence-corrected chi connectivity index (χ2v) is 4.60. The summed E-state index contributed by atoms with van der Waals surface area (Å²) >= 11 is 3.45. The van der Waals surface area contributed by atoms with E-state index in [1.807, 2.05) is 37.3 Å². The van der Waals surface area contributed by atoms with E-state index in [-0.39, 0.29) is 5.75 Å². The number of rotatable bonds is 2. The first-order chi connectivity index (χ1) is 8.16. The molecule has 0 bridgehead atoms. The molecule has 2 aromatic rings. The SMILES string of the molecule is Cc1cc(N=Cc2ccccc2O)ccc1Br. The van der Waals surface area contributed by atoms with Crippen LogP contribution in [0.2, 0.25) is 0 Å². The molecule has 0 aliphatic carbocycles. The number of aliphatic imine (C=N–C) groups is 1. The van der Waals surface area contributed by atoms with Crippen molar-refractivity contribution in [1.82, 2.24) is 0 Å². The van der Waals surface area contributed by atoms with Crippen LogP contribution >= 0.6 is 15.9 Å². The number of aromatic hydroxyl groups is 1. The normalized spacial score (nSPS) is 10.9. The highest BCUT2D eigenvalue weighted by Crippen LogP contribution is 2.22. The minimum absolute atomic E-state index is 0.241. The lowest BCUT2D eigenvalue weighted by Gasteiger charge is -2.00. The quantitative estimate of drug-likeness (QED) is 0.825. The number of nitrogens with zero attached hydrogens (tertiary/aromatic N) is 1. The zero-order valence-electron chi connectivity index (χ0n) is 9.39. The average Bonchev–Trinajstić information content (AvgIpc) is 2.32. The zero-order valence-corrected chi connectivity index (χ0v) is 11.0. The lowest BCUT2D eigenvalue weighted by Crippen LogP contribution is -1.81. The van der Waals surface area contributed by atoms with Crippen LogP contribution < -0.4 is 0 Å². The molecule has 0 fully saturated rings. The van der Waals surface area contributed by atoms with Gasteiger partial charge in [-0.05, 0) is 42.8 Å². The van der Waals surface area contributed by atoms with Crippen molar-refractivity contribution >= 4 is 27.8 Å². The van der Waals surface area contributed by atoms with Crippen LogP contribution in [0.1, 0.15) is 11.1 Å². The van der Waals surface area contributed by atoms with Gasteiger partial charge in [0.1, 0.15) is 5.75 Å². The average molecular weight is 290 g/mol. The summed E-state index contributed by atoms with van der Waals surface area (Å²) in [6, 6.07) is 13.0. The molecule has 3 heteroatoms. The molecule has 1 N–H and O–H groups in total. The third-order valence-corrected chi connectivity index (χ3v) is 3.32. The van der Waals surface area contributed by atoms with Gasteiger partial charge >= 0.3 is 0 Å². The molecule has 2 rings (SSSR count). The van der Waals surface area contributed by atoms with Crippen LogP contribution in [0.25, 0.3) is 0 Å². The highest BCUT2D eigenvalue weighted by atomic mass is 79.9. The Balaban J connectivity index is 2.26. The fraction of sp³-hybridized carbons (Fsp3) is 0.0714. The van der Waals surface area contributed by atoms with E-state index < -0.39 is 0 Å². The van der Waals surface area contributed by atoms with Crippen LogP contribution in [0, 0.1) is 6.92 Å². The summed E-state index contributed by atoms with van der Waals surface area (Å²) in [5.74, 6) is 0.241. The van der Waals surface area contributed by atoms with E-state index in [9.17, 15) is 5.11 Å². The number of aryl methyl sites for hydroxylation is 1. The Morgan fingerprint density at radius 2 is 1.94 bits per heavy atom. The largest absolute Gasteiger partial charge is 0.507 e. The molecule has 0 atom stereocenters. The van der Waals surface area contributed by atoms with Gasteiger partial charge in [-0.25, -0.2) is 0 Å². The Morgan fingerprint density at radius 1 is 1.18 bits per heavy atom. The van der Waals surface area contributed by atoms with Crippen molar-refractivity contribution in [1.29, 1.82) is 0 Å². The predicted molar refractivity (Wildman–Crippen MR) is 74.2 cm³/mol. The minimum atomic E-state index is 0.241. The van der Waals surface area contributed by atoms with Crippen molar-refractivity contribution < 1.29 is 5.11 Å². The van der Waals surface area contributed by atoms with Crippen molar-refractivity contribution in [2.24, 2.45) is 4.99 Å². The highest BCUT2D eigenvalue weighted by Gasteiger charge is 1.97. The van der Waals surface area contributed by atoms with Gasteiger partial charge < -0.3 is 5.11 Å². The molecule has 2 aromatic carbocycles. The van der Waals surface area contributed by atoms with Crippen LogP contribution in [0.3, 0.4) is 0 Å². The molecule has 0 aromatic heterocycles. The lowest BCUT2D eigenvalue weighted by atomic mass is 10.2. The van der Waals surface area contributed by atoms with Gasteiger partial charge in [-0.3, -0.25) is 4.99 Å². The molecule has 0 spiro atoms. The van der Waals surface area contributed by atoms with Crippen LogP contribution in [-0.2, 0) is 0 Å². The Morgan fingerprint density at radius 3 is 2.65 bits per heavy atom. The summed E-state index contributed by atoms with van der Waals surface area (Å²) in [6.45, 7) is 2.02. The molecular formula is C14H12BrNO. The summed E-state index contributed by atoms with van der Waals surface area (Å²) in [5.41, 5.74) is 2.72. The maximum Gasteiger partial charge on any atom is 0.124 e. The fourth-order valence-corrected chi connectivity index (χ4v) is 1.70. The zero-order chi connectivity index (χ0) is 12.3. The summed E-state index contributed by atoms with van der Waals surface area (Å²) in [6.07, 6.45) is 1.66. The Kier molecular flexibility index (Phi) is 3.59. The van der Waals surface area contributed by atoms with Gasteiger partial charge in [0.05, 0.1) is 5.69 Å². The van der Waals surface area contributed by atoms with Gasteiger partial charge in [0.25, 0.3) is 0 Å². The molecule has 2 nitrogen and oxygen atoms in total. The van der Waals surface area contributed by atoms with E-state index >= 15 is 0 Å². The molecule has 0 radical (unpaired) electrons. The summed E-state index contributed by atoms with van der Waals surface area (Å²) in [4.78, 5) is 4.33. The molecule has 0 aliphatic rings. The topological polar surface area (TPSA) is 32.6 Å². The summed E-state index contributed by atoms with van der Waals surface area (Å²) < 4.78 is 1.07. The van der Waals surface area contributed by atoms with Gasteiger partial charge in [0, 0.05) is 16.3 Å². The predicted octanol–water partition coefficient (Wildman–Crippen LogP) is 4.21. The molecule has 0 saturated carbocycles. The van der Waals surface area contributed by atoms with Crippen LogP contribution in [0.4, 0.5) is 5.69 Å². The van der Waals surface area contributed by atoms with Gasteiger partial charge in [-0.15, -0.1) is 0 Å². The molecule has 0 aliphatic heterocycles. The molecule has 17 heavy (non-hydrogen) atoms. The van der Waals surface area contributed by atoms with Crippen molar-refractivity contribution in [3.8, 4) is 5.75 Å². The second kappa shape index (κ2) is 5.15. The van der Waals surface area contributed by atoms with Crippen molar-refractivity contribution in [3.05, 3.63) is 58.1 Å². The third-order valence-electron chi connectivity index (χ3n) is 2.43. The Hall–Kier alpha value is -1.61. The van der Waals surface area contributed by atoms with Crippen LogP contribution in [0.5, 0.6) is 5.75 Å². The standard InChI is InChI=1S/C14H12BrNO/c1-10-8-12(6-7-13(10)15)16-9-11-4-2-3-5-14(11)17/h2-9,17H,1H3. The van der Waals surface area contributed by atoms with E-state index in [0.29, 0.717) is 5.56 Å². The van der Waals surface area contributed by atoms with E-state index in [1.54, 1.807) is 18.3 Å². The number of benzene rings is 2. The Labute approximate surface area is 109 Å². The molecule has 0 unspecified atom stereocenters. The van der Waals surface area contributed by atoms with E-state index in [4.69, 9.17) is 0 Å². The number of phenols is 1. The van der Waals surface area contributed by atoms with E-state index in [1.165, 1.54) is 0 Å². The molecule has 0 heterocycles. The monoisotopic (exact) mass is 289 g/mol. The third kappa shape index (κ3) is 2.94.